The van der Waals surface area contributed by atoms with Gasteiger partial charge in [-0.3, -0.25) is 9.88 Å². The van der Waals surface area contributed by atoms with Gasteiger partial charge in [0.05, 0.1) is 12.1 Å². The first-order valence-corrected chi connectivity index (χ1v) is 8.79. The third-order valence-electron chi connectivity index (χ3n) is 4.97. The number of aromatic nitrogens is 2. The Kier molecular flexibility index (Phi) is 4.71. The summed E-state index contributed by atoms with van der Waals surface area (Å²) in [5.41, 5.74) is 1.27. The van der Waals surface area contributed by atoms with Crippen molar-refractivity contribution >= 4 is 5.82 Å². The number of anilines is 1. The van der Waals surface area contributed by atoms with E-state index in [2.05, 4.69) is 26.3 Å². The molecule has 0 aliphatic carbocycles. The molecule has 2 aliphatic rings. The van der Waals surface area contributed by atoms with Gasteiger partial charge in [-0.1, -0.05) is 12.1 Å². The molecule has 2 aromatic rings. The van der Waals surface area contributed by atoms with Crippen LogP contribution in [0.5, 0.6) is 0 Å². The molecular weight excluding hydrogens is 300 g/mol. The first kappa shape index (κ1) is 15.5. The van der Waals surface area contributed by atoms with Crippen molar-refractivity contribution in [2.24, 2.45) is 5.92 Å². The van der Waals surface area contributed by atoms with Crippen molar-refractivity contribution < 1.29 is 4.74 Å². The van der Waals surface area contributed by atoms with Crippen molar-refractivity contribution in [3.63, 3.8) is 0 Å². The summed E-state index contributed by atoms with van der Waals surface area (Å²) in [6, 6.07) is 10.4. The molecule has 5 heteroatoms. The lowest BCUT2D eigenvalue weighted by molar-refractivity contribution is -0.0747. The number of pyridine rings is 2. The number of nitrogens with one attached hydrogen (secondary N) is 1. The molecule has 0 aromatic carbocycles. The zero-order chi connectivity index (χ0) is 16.2. The van der Waals surface area contributed by atoms with Crippen molar-refractivity contribution in [1.29, 1.82) is 0 Å². The summed E-state index contributed by atoms with van der Waals surface area (Å²) in [6.45, 7) is 3.88. The highest BCUT2D eigenvalue weighted by molar-refractivity contribution is 5.35. The number of hydrogen-bond donors (Lipinski definition) is 1. The van der Waals surface area contributed by atoms with Gasteiger partial charge < -0.3 is 10.1 Å². The zero-order valence-corrected chi connectivity index (χ0v) is 13.8. The van der Waals surface area contributed by atoms with Crippen LogP contribution in [-0.2, 0) is 11.3 Å². The number of piperidine rings is 1. The highest BCUT2D eigenvalue weighted by Crippen LogP contribution is 2.30. The smallest absolute Gasteiger partial charge is 0.126 e. The fourth-order valence-electron chi connectivity index (χ4n) is 3.94. The van der Waals surface area contributed by atoms with Crippen molar-refractivity contribution in [2.75, 3.05) is 25.0 Å². The second-order valence-electron chi connectivity index (χ2n) is 6.76. The molecule has 0 bridgehead atoms. The van der Waals surface area contributed by atoms with E-state index in [1.54, 1.807) is 0 Å². The Morgan fingerprint density at radius 3 is 3.00 bits per heavy atom. The van der Waals surface area contributed by atoms with Crippen molar-refractivity contribution in [3.8, 4) is 0 Å². The van der Waals surface area contributed by atoms with Crippen LogP contribution in [0.15, 0.2) is 48.9 Å². The molecule has 0 radical (unpaired) electrons. The summed E-state index contributed by atoms with van der Waals surface area (Å²) < 4.78 is 6.14. The van der Waals surface area contributed by atoms with Crippen LogP contribution in [-0.4, -0.2) is 46.7 Å². The lowest BCUT2D eigenvalue weighted by atomic mass is 9.85. The van der Waals surface area contributed by atoms with E-state index >= 15 is 0 Å². The minimum atomic E-state index is 0.274. The van der Waals surface area contributed by atoms with Gasteiger partial charge >= 0.3 is 0 Å². The predicted octanol–water partition coefficient (Wildman–Crippen LogP) is 2.57. The first-order valence-electron chi connectivity index (χ1n) is 8.79. The molecule has 2 aliphatic heterocycles. The van der Waals surface area contributed by atoms with Gasteiger partial charge in [0.25, 0.3) is 0 Å². The van der Waals surface area contributed by atoms with Gasteiger partial charge in [-0.15, -0.1) is 0 Å². The molecule has 2 aromatic heterocycles. The SMILES string of the molecule is c1ccc(N[C@@H]2CN(Cc3cccnc3)C[C@@H]3CCCO[C@@H]32)nc1. The van der Waals surface area contributed by atoms with Gasteiger partial charge in [0.1, 0.15) is 5.82 Å². The second kappa shape index (κ2) is 7.28. The van der Waals surface area contributed by atoms with E-state index in [1.807, 2.05) is 42.9 Å². The fraction of sp³-hybridized carbons (Fsp3) is 0.474. The molecule has 0 unspecified atom stereocenters. The van der Waals surface area contributed by atoms with Crippen LogP contribution in [0, 0.1) is 5.92 Å². The average Bonchev–Trinajstić information content (AvgIpc) is 2.63. The van der Waals surface area contributed by atoms with Gasteiger partial charge in [-0.05, 0) is 42.5 Å². The van der Waals surface area contributed by atoms with E-state index in [9.17, 15) is 0 Å². The Morgan fingerprint density at radius 1 is 1.17 bits per heavy atom. The zero-order valence-electron chi connectivity index (χ0n) is 13.8. The highest BCUT2D eigenvalue weighted by Gasteiger charge is 2.39. The van der Waals surface area contributed by atoms with Crippen molar-refractivity contribution in [2.45, 2.75) is 31.5 Å². The number of nitrogens with zero attached hydrogens (tertiary/aromatic N) is 3. The maximum Gasteiger partial charge on any atom is 0.126 e. The minimum absolute atomic E-state index is 0.274. The Balaban J connectivity index is 1.49. The van der Waals surface area contributed by atoms with Crippen LogP contribution in [0.4, 0.5) is 5.82 Å². The molecule has 4 rings (SSSR count). The number of ether oxygens (including phenoxy) is 1. The van der Waals surface area contributed by atoms with Crippen molar-refractivity contribution in [3.05, 3.63) is 54.5 Å². The molecule has 0 spiro atoms. The quantitative estimate of drug-likeness (QED) is 0.937. The van der Waals surface area contributed by atoms with Crippen LogP contribution >= 0.6 is 0 Å². The third-order valence-corrected chi connectivity index (χ3v) is 4.97. The normalized spacial score (nSPS) is 27.4. The van der Waals surface area contributed by atoms with Gasteiger partial charge in [-0.2, -0.15) is 0 Å². The van der Waals surface area contributed by atoms with Crippen LogP contribution in [0.1, 0.15) is 18.4 Å². The van der Waals surface area contributed by atoms with Gasteiger partial charge in [-0.25, -0.2) is 4.98 Å². The molecule has 5 nitrogen and oxygen atoms in total. The molecule has 1 N–H and O–H groups in total. The van der Waals surface area contributed by atoms with Crippen LogP contribution in [0.25, 0.3) is 0 Å². The summed E-state index contributed by atoms with van der Waals surface area (Å²) in [7, 11) is 0. The van der Waals surface area contributed by atoms with Crippen molar-refractivity contribution in [1.82, 2.24) is 14.9 Å². The van der Waals surface area contributed by atoms with E-state index in [0.717, 1.165) is 38.5 Å². The molecule has 24 heavy (non-hydrogen) atoms. The largest absolute Gasteiger partial charge is 0.376 e. The average molecular weight is 324 g/mol. The Morgan fingerprint density at radius 2 is 2.17 bits per heavy atom. The monoisotopic (exact) mass is 324 g/mol. The van der Waals surface area contributed by atoms with Crippen LogP contribution in [0.3, 0.4) is 0 Å². The van der Waals surface area contributed by atoms with Gasteiger partial charge in [0, 0.05) is 44.8 Å². The molecule has 3 atom stereocenters. The maximum absolute atomic E-state index is 6.14. The lowest BCUT2D eigenvalue weighted by Crippen LogP contribution is -2.57. The second-order valence-corrected chi connectivity index (χ2v) is 6.76. The minimum Gasteiger partial charge on any atom is -0.376 e. The standard InChI is InChI=1S/C19H24N4O/c1-2-9-21-18(7-1)22-17-14-23(12-15-5-3-8-20-11-15)13-16-6-4-10-24-19(16)17/h1-3,5,7-9,11,16-17,19H,4,6,10,12-14H2,(H,21,22)/t16-,17+,19-/m0/s1. The van der Waals surface area contributed by atoms with Gasteiger partial charge in [0.15, 0.2) is 0 Å². The molecule has 2 saturated heterocycles. The van der Waals surface area contributed by atoms with E-state index in [4.69, 9.17) is 4.74 Å². The Labute approximate surface area is 143 Å². The maximum atomic E-state index is 6.14. The summed E-state index contributed by atoms with van der Waals surface area (Å²) in [6.07, 6.45) is 8.32. The molecule has 126 valence electrons. The highest BCUT2D eigenvalue weighted by atomic mass is 16.5. The number of hydrogen-bond acceptors (Lipinski definition) is 5. The molecule has 0 amide bonds. The number of fused-ring (bicyclic) bond motifs is 1. The fourth-order valence-corrected chi connectivity index (χ4v) is 3.94. The van der Waals surface area contributed by atoms with E-state index < -0.39 is 0 Å². The summed E-state index contributed by atoms with van der Waals surface area (Å²) >= 11 is 0. The van der Waals surface area contributed by atoms with Gasteiger partial charge in [0.2, 0.25) is 0 Å². The van der Waals surface area contributed by atoms with E-state index in [1.165, 1.54) is 12.0 Å². The predicted molar refractivity (Wildman–Crippen MR) is 93.6 cm³/mol. The van der Waals surface area contributed by atoms with Crippen LogP contribution < -0.4 is 5.32 Å². The summed E-state index contributed by atoms with van der Waals surface area (Å²) in [5, 5.41) is 3.60. The van der Waals surface area contributed by atoms with E-state index in [0.29, 0.717) is 5.92 Å². The Bertz CT molecular complexity index is 636. The Hall–Kier alpha value is -1.98. The summed E-state index contributed by atoms with van der Waals surface area (Å²) in [5.74, 6) is 1.52. The first-order chi connectivity index (χ1) is 11.9. The molecule has 4 heterocycles. The number of likely N-dealkylation sites (tertiary alicyclic amines) is 1. The lowest BCUT2D eigenvalue weighted by Gasteiger charge is -2.46. The topological polar surface area (TPSA) is 50.3 Å². The summed E-state index contributed by atoms with van der Waals surface area (Å²) in [4.78, 5) is 11.2. The molecular formula is C19H24N4O. The number of rotatable bonds is 4. The molecule has 0 saturated carbocycles. The molecule has 2 fully saturated rings. The third kappa shape index (κ3) is 3.57. The van der Waals surface area contributed by atoms with Crippen LogP contribution in [0.2, 0.25) is 0 Å². The van der Waals surface area contributed by atoms with E-state index in [-0.39, 0.29) is 12.1 Å².